The van der Waals surface area contributed by atoms with E-state index in [2.05, 4.69) is 10.3 Å². The largest absolute Gasteiger partial charge is 0.479 e. The van der Waals surface area contributed by atoms with Crippen LogP contribution in [0.3, 0.4) is 0 Å². The van der Waals surface area contributed by atoms with Crippen LogP contribution in [0.25, 0.3) is 0 Å². The maximum atomic E-state index is 12.3. The van der Waals surface area contributed by atoms with Crippen LogP contribution in [0.1, 0.15) is 38.3 Å². The summed E-state index contributed by atoms with van der Waals surface area (Å²) in [4.78, 5) is 38.9. The van der Waals surface area contributed by atoms with Gasteiger partial charge >= 0.3 is 11.9 Å². The molecule has 1 unspecified atom stereocenters. The van der Waals surface area contributed by atoms with Gasteiger partial charge in [-0.2, -0.15) is 0 Å². The summed E-state index contributed by atoms with van der Waals surface area (Å²) < 4.78 is 0. The number of amides is 1. The number of carbonyl (C=O) groups excluding carboxylic acids is 1. The SMILES string of the molecule is CCC(C(=O)NC(CC)(C(=O)O)C(=O)O)c1ccc(Cl)cn1. The van der Waals surface area contributed by atoms with Crippen molar-refractivity contribution in [2.45, 2.75) is 38.1 Å². The Kier molecular flexibility index (Phi) is 5.87. The van der Waals surface area contributed by atoms with Crippen LogP contribution < -0.4 is 5.32 Å². The molecule has 1 rings (SSSR count). The molecular formula is C14H17ClN2O5. The van der Waals surface area contributed by atoms with Gasteiger partial charge in [0.05, 0.1) is 16.6 Å². The van der Waals surface area contributed by atoms with Crippen molar-refractivity contribution in [2.24, 2.45) is 0 Å². The van der Waals surface area contributed by atoms with Gasteiger partial charge in [-0.1, -0.05) is 25.4 Å². The van der Waals surface area contributed by atoms with Gasteiger partial charge in [0.2, 0.25) is 11.4 Å². The lowest BCUT2D eigenvalue weighted by Gasteiger charge is -2.26. The molecule has 0 aliphatic carbocycles. The Hall–Kier alpha value is -2.15. The highest BCUT2D eigenvalue weighted by molar-refractivity contribution is 6.30. The third kappa shape index (κ3) is 3.54. The lowest BCUT2D eigenvalue weighted by Crippen LogP contribution is -2.60. The molecule has 0 aromatic carbocycles. The molecule has 7 nitrogen and oxygen atoms in total. The van der Waals surface area contributed by atoms with Crippen molar-refractivity contribution in [3.8, 4) is 0 Å². The molecule has 0 fully saturated rings. The first-order valence-electron chi connectivity index (χ1n) is 6.68. The number of nitrogens with one attached hydrogen (secondary N) is 1. The van der Waals surface area contributed by atoms with Gasteiger partial charge in [0, 0.05) is 6.20 Å². The van der Waals surface area contributed by atoms with Crippen LogP contribution in [0.2, 0.25) is 5.02 Å². The Morgan fingerprint density at radius 1 is 1.27 bits per heavy atom. The molecule has 3 N–H and O–H groups in total. The van der Waals surface area contributed by atoms with Gasteiger partial charge in [-0.05, 0) is 25.0 Å². The average molecular weight is 329 g/mol. The Morgan fingerprint density at radius 2 is 1.86 bits per heavy atom. The number of carbonyl (C=O) groups is 3. The van der Waals surface area contributed by atoms with E-state index >= 15 is 0 Å². The van der Waals surface area contributed by atoms with Crippen molar-refractivity contribution in [3.63, 3.8) is 0 Å². The third-order valence-corrected chi connectivity index (χ3v) is 3.65. The highest BCUT2D eigenvalue weighted by Gasteiger charge is 2.47. The molecule has 1 aromatic rings. The summed E-state index contributed by atoms with van der Waals surface area (Å²) in [5.41, 5.74) is -1.96. The lowest BCUT2D eigenvalue weighted by molar-refractivity contribution is -0.161. The number of hydrogen-bond acceptors (Lipinski definition) is 4. The number of halogens is 1. The average Bonchev–Trinajstić information content (AvgIpc) is 2.46. The second-order valence-electron chi connectivity index (χ2n) is 4.72. The van der Waals surface area contributed by atoms with Gasteiger partial charge in [-0.3, -0.25) is 9.78 Å². The highest BCUT2D eigenvalue weighted by atomic mass is 35.5. The van der Waals surface area contributed by atoms with E-state index in [-0.39, 0.29) is 6.42 Å². The molecule has 0 saturated heterocycles. The number of aliphatic carboxylic acids is 2. The second kappa shape index (κ2) is 7.22. The summed E-state index contributed by atoms with van der Waals surface area (Å²) in [7, 11) is 0. The minimum Gasteiger partial charge on any atom is -0.479 e. The van der Waals surface area contributed by atoms with E-state index in [1.165, 1.54) is 13.1 Å². The van der Waals surface area contributed by atoms with Crippen LogP contribution in [0, 0.1) is 0 Å². The quantitative estimate of drug-likeness (QED) is 0.655. The molecule has 1 atom stereocenters. The monoisotopic (exact) mass is 328 g/mol. The zero-order chi connectivity index (χ0) is 16.9. The van der Waals surface area contributed by atoms with Gasteiger partial charge in [0.25, 0.3) is 0 Å². The minimum atomic E-state index is -2.35. The summed E-state index contributed by atoms with van der Waals surface area (Å²) in [5.74, 6) is -4.70. The van der Waals surface area contributed by atoms with Crippen molar-refractivity contribution in [3.05, 3.63) is 29.0 Å². The van der Waals surface area contributed by atoms with Crippen molar-refractivity contribution >= 4 is 29.4 Å². The molecule has 0 aliphatic heterocycles. The second-order valence-corrected chi connectivity index (χ2v) is 5.16. The fourth-order valence-corrected chi connectivity index (χ4v) is 2.12. The minimum absolute atomic E-state index is 0.284. The number of carboxylic acids is 2. The van der Waals surface area contributed by atoms with Crippen LogP contribution in [0.15, 0.2) is 18.3 Å². The van der Waals surface area contributed by atoms with E-state index in [1.807, 2.05) is 0 Å². The van der Waals surface area contributed by atoms with Crippen molar-refractivity contribution in [2.75, 3.05) is 0 Å². The molecule has 0 bridgehead atoms. The molecule has 0 radical (unpaired) electrons. The molecule has 0 saturated carbocycles. The Labute approximate surface area is 132 Å². The number of rotatable bonds is 7. The summed E-state index contributed by atoms with van der Waals surface area (Å²) >= 11 is 5.73. The summed E-state index contributed by atoms with van der Waals surface area (Å²) in [5, 5.41) is 20.9. The van der Waals surface area contributed by atoms with Crippen LogP contribution in [0.4, 0.5) is 0 Å². The van der Waals surface area contributed by atoms with Crippen LogP contribution in [-0.4, -0.2) is 38.6 Å². The molecule has 120 valence electrons. The number of nitrogens with zero attached hydrogens (tertiary/aromatic N) is 1. The number of aromatic nitrogens is 1. The number of pyridine rings is 1. The maximum Gasteiger partial charge on any atom is 0.341 e. The first kappa shape index (κ1) is 17.9. The van der Waals surface area contributed by atoms with Crippen molar-refractivity contribution < 1.29 is 24.6 Å². The van der Waals surface area contributed by atoms with E-state index in [0.29, 0.717) is 17.1 Å². The van der Waals surface area contributed by atoms with Crippen molar-refractivity contribution in [1.29, 1.82) is 0 Å². The van der Waals surface area contributed by atoms with E-state index in [9.17, 15) is 24.6 Å². The van der Waals surface area contributed by atoms with Crippen LogP contribution in [0.5, 0.6) is 0 Å². The predicted molar refractivity (Wildman–Crippen MR) is 78.7 cm³/mol. The van der Waals surface area contributed by atoms with Crippen LogP contribution in [-0.2, 0) is 14.4 Å². The normalized spacial score (nSPS) is 12.5. The zero-order valence-corrected chi connectivity index (χ0v) is 12.9. The van der Waals surface area contributed by atoms with E-state index in [0.717, 1.165) is 0 Å². The third-order valence-electron chi connectivity index (χ3n) is 3.43. The van der Waals surface area contributed by atoms with Gasteiger partial charge < -0.3 is 15.5 Å². The fraction of sp³-hybridized carbons (Fsp3) is 0.429. The van der Waals surface area contributed by atoms with Gasteiger partial charge in [0.15, 0.2) is 0 Å². The fourth-order valence-electron chi connectivity index (χ4n) is 2.01. The van der Waals surface area contributed by atoms with E-state index in [4.69, 9.17) is 11.6 Å². The number of hydrogen-bond donors (Lipinski definition) is 3. The van der Waals surface area contributed by atoms with E-state index < -0.39 is 29.3 Å². The topological polar surface area (TPSA) is 117 Å². The standard InChI is InChI=1S/C14H17ClN2O5/c1-3-9(10-6-5-8(15)7-16-10)11(18)17-14(4-2,12(19)20)13(21)22/h5-7,9H,3-4H2,1-2H3,(H,17,18)(H,19,20)(H,21,22). The summed E-state index contributed by atoms with van der Waals surface area (Å²) in [6.07, 6.45) is 1.42. The Bertz CT molecular complexity index is 559. The molecule has 22 heavy (non-hydrogen) atoms. The smallest absolute Gasteiger partial charge is 0.341 e. The number of carboxylic acid groups (broad SMARTS) is 2. The summed E-state index contributed by atoms with van der Waals surface area (Å²) in [6.45, 7) is 3.10. The Morgan fingerprint density at radius 3 is 2.23 bits per heavy atom. The maximum absolute atomic E-state index is 12.3. The van der Waals surface area contributed by atoms with Crippen LogP contribution >= 0.6 is 11.6 Å². The van der Waals surface area contributed by atoms with E-state index in [1.54, 1.807) is 19.1 Å². The molecule has 1 aromatic heterocycles. The molecular weight excluding hydrogens is 312 g/mol. The zero-order valence-electron chi connectivity index (χ0n) is 12.2. The van der Waals surface area contributed by atoms with Crippen molar-refractivity contribution in [1.82, 2.24) is 10.3 Å². The molecule has 1 heterocycles. The summed E-state index contributed by atoms with van der Waals surface area (Å²) in [6, 6.07) is 3.10. The van der Waals surface area contributed by atoms with Gasteiger partial charge in [-0.15, -0.1) is 0 Å². The van der Waals surface area contributed by atoms with Gasteiger partial charge in [-0.25, -0.2) is 9.59 Å². The first-order chi connectivity index (χ1) is 10.3. The molecule has 0 spiro atoms. The molecule has 1 amide bonds. The molecule has 0 aliphatic rings. The Balaban J connectivity index is 3.08. The van der Waals surface area contributed by atoms with Gasteiger partial charge in [0.1, 0.15) is 0 Å². The predicted octanol–water partition coefficient (Wildman–Crippen LogP) is 1.66. The molecule has 8 heteroatoms. The first-order valence-corrected chi connectivity index (χ1v) is 7.06. The highest BCUT2D eigenvalue weighted by Crippen LogP contribution is 2.21. The lowest BCUT2D eigenvalue weighted by atomic mass is 9.93.